The predicted molar refractivity (Wildman–Crippen MR) is 60.6 cm³/mol. The van der Waals surface area contributed by atoms with E-state index in [1.165, 1.54) is 0 Å². The Hall–Kier alpha value is -1.03. The summed E-state index contributed by atoms with van der Waals surface area (Å²) in [6.45, 7) is 1.76. The van der Waals surface area contributed by atoms with E-state index >= 15 is 0 Å². The SMILES string of the molecule is Cc1cc(C(=O)NC2CCCCC2Cl)no1. The number of nitrogens with zero attached hydrogens (tertiary/aromatic N) is 1. The summed E-state index contributed by atoms with van der Waals surface area (Å²) < 4.78 is 4.86. The van der Waals surface area contributed by atoms with Gasteiger partial charge in [0.15, 0.2) is 5.69 Å². The maximum absolute atomic E-state index is 11.8. The molecule has 0 aromatic carbocycles. The lowest BCUT2D eigenvalue weighted by atomic mass is 9.95. The van der Waals surface area contributed by atoms with E-state index in [4.69, 9.17) is 16.1 Å². The van der Waals surface area contributed by atoms with Gasteiger partial charge < -0.3 is 9.84 Å². The van der Waals surface area contributed by atoms with E-state index in [0.29, 0.717) is 11.5 Å². The van der Waals surface area contributed by atoms with Gasteiger partial charge in [0.05, 0.1) is 5.38 Å². The Labute approximate surface area is 99.3 Å². The molecule has 1 aromatic rings. The maximum atomic E-state index is 11.8. The molecule has 88 valence electrons. The molecule has 0 radical (unpaired) electrons. The van der Waals surface area contributed by atoms with Crippen LogP contribution in [0.15, 0.2) is 10.6 Å². The molecule has 16 heavy (non-hydrogen) atoms. The van der Waals surface area contributed by atoms with E-state index in [0.717, 1.165) is 25.7 Å². The van der Waals surface area contributed by atoms with E-state index in [2.05, 4.69) is 10.5 Å². The summed E-state index contributed by atoms with van der Waals surface area (Å²) in [5.74, 6) is 0.436. The molecule has 0 bridgehead atoms. The van der Waals surface area contributed by atoms with Crippen LogP contribution in [0.2, 0.25) is 0 Å². The van der Waals surface area contributed by atoms with Crippen molar-refractivity contribution in [3.63, 3.8) is 0 Å². The molecular formula is C11H15ClN2O2. The first kappa shape index (κ1) is 11.5. The van der Waals surface area contributed by atoms with Crippen LogP contribution in [-0.2, 0) is 0 Å². The van der Waals surface area contributed by atoms with E-state index < -0.39 is 0 Å². The number of hydrogen-bond donors (Lipinski definition) is 1. The smallest absolute Gasteiger partial charge is 0.273 e. The number of alkyl halides is 1. The summed E-state index contributed by atoms with van der Waals surface area (Å²) in [5.41, 5.74) is 0.326. The van der Waals surface area contributed by atoms with E-state index in [1.54, 1.807) is 13.0 Å². The molecule has 1 fully saturated rings. The van der Waals surface area contributed by atoms with Crippen molar-refractivity contribution in [2.45, 2.75) is 44.0 Å². The monoisotopic (exact) mass is 242 g/mol. The van der Waals surface area contributed by atoms with Crippen LogP contribution in [0.25, 0.3) is 0 Å². The second kappa shape index (κ2) is 4.87. The van der Waals surface area contributed by atoms with E-state index in [9.17, 15) is 4.79 Å². The molecule has 0 spiro atoms. The average molecular weight is 243 g/mol. The lowest BCUT2D eigenvalue weighted by molar-refractivity contribution is 0.0919. The Kier molecular flexibility index (Phi) is 3.49. The third kappa shape index (κ3) is 2.55. The molecule has 0 saturated heterocycles. The van der Waals surface area contributed by atoms with Gasteiger partial charge in [-0.05, 0) is 19.8 Å². The average Bonchev–Trinajstić information content (AvgIpc) is 2.68. The molecule has 4 nitrogen and oxygen atoms in total. The van der Waals surface area contributed by atoms with Gasteiger partial charge in [0.2, 0.25) is 0 Å². The summed E-state index contributed by atoms with van der Waals surface area (Å²) in [6, 6.07) is 1.68. The molecule has 2 unspecified atom stereocenters. The number of carbonyl (C=O) groups excluding carboxylic acids is 1. The lowest BCUT2D eigenvalue weighted by Crippen LogP contribution is -2.42. The van der Waals surface area contributed by atoms with Crippen molar-refractivity contribution in [2.24, 2.45) is 0 Å². The zero-order chi connectivity index (χ0) is 11.5. The largest absolute Gasteiger partial charge is 0.361 e. The fraction of sp³-hybridized carbons (Fsp3) is 0.636. The number of carbonyl (C=O) groups is 1. The third-order valence-electron chi connectivity index (χ3n) is 2.86. The van der Waals surface area contributed by atoms with Crippen LogP contribution in [-0.4, -0.2) is 22.5 Å². The van der Waals surface area contributed by atoms with Gasteiger partial charge in [0.25, 0.3) is 5.91 Å². The van der Waals surface area contributed by atoms with Gasteiger partial charge in [-0.3, -0.25) is 4.79 Å². The normalized spacial score (nSPS) is 25.4. The predicted octanol–water partition coefficient (Wildman–Crippen LogP) is 2.26. The number of rotatable bonds is 2. The first-order valence-corrected chi connectivity index (χ1v) is 5.98. The highest BCUT2D eigenvalue weighted by Crippen LogP contribution is 2.23. The quantitative estimate of drug-likeness (QED) is 0.810. The molecule has 5 heteroatoms. The maximum Gasteiger partial charge on any atom is 0.273 e. The molecule has 1 saturated carbocycles. The molecule has 1 amide bonds. The van der Waals surface area contributed by atoms with Gasteiger partial charge in [-0.25, -0.2) is 0 Å². The molecule has 1 aliphatic rings. The highest BCUT2D eigenvalue weighted by molar-refractivity contribution is 6.21. The second-order valence-electron chi connectivity index (χ2n) is 4.20. The van der Waals surface area contributed by atoms with Crippen molar-refractivity contribution in [3.05, 3.63) is 17.5 Å². The summed E-state index contributed by atoms with van der Waals surface area (Å²) in [5, 5.41) is 6.61. The Bertz CT molecular complexity index is 378. The van der Waals surface area contributed by atoms with E-state index in [-0.39, 0.29) is 17.3 Å². The Morgan fingerprint density at radius 2 is 2.31 bits per heavy atom. The minimum absolute atomic E-state index is 0.0331. The fourth-order valence-electron chi connectivity index (χ4n) is 1.96. The zero-order valence-electron chi connectivity index (χ0n) is 9.20. The van der Waals surface area contributed by atoms with Crippen LogP contribution in [0, 0.1) is 6.92 Å². The van der Waals surface area contributed by atoms with Gasteiger partial charge >= 0.3 is 0 Å². The topological polar surface area (TPSA) is 55.1 Å². The number of halogens is 1. The Balaban J connectivity index is 1.96. The van der Waals surface area contributed by atoms with Gasteiger partial charge in [-0.1, -0.05) is 18.0 Å². The molecular weight excluding hydrogens is 228 g/mol. The molecule has 1 aromatic heterocycles. The number of aryl methyl sites for hydroxylation is 1. The molecule has 1 heterocycles. The van der Waals surface area contributed by atoms with Crippen molar-refractivity contribution < 1.29 is 9.32 Å². The number of aromatic nitrogens is 1. The number of nitrogens with one attached hydrogen (secondary N) is 1. The van der Waals surface area contributed by atoms with Crippen LogP contribution in [0.4, 0.5) is 0 Å². The van der Waals surface area contributed by atoms with Crippen molar-refractivity contribution in [3.8, 4) is 0 Å². The van der Waals surface area contributed by atoms with Gasteiger partial charge in [0.1, 0.15) is 5.76 Å². The molecule has 2 rings (SSSR count). The third-order valence-corrected chi connectivity index (χ3v) is 3.38. The highest BCUT2D eigenvalue weighted by atomic mass is 35.5. The number of hydrogen-bond acceptors (Lipinski definition) is 3. The number of amides is 1. The zero-order valence-corrected chi connectivity index (χ0v) is 9.96. The van der Waals surface area contributed by atoms with Gasteiger partial charge in [-0.2, -0.15) is 0 Å². The summed E-state index contributed by atoms with van der Waals surface area (Å²) in [4.78, 5) is 11.8. The van der Waals surface area contributed by atoms with E-state index in [1.807, 2.05) is 0 Å². The summed E-state index contributed by atoms with van der Waals surface area (Å²) in [6.07, 6.45) is 4.16. The van der Waals surface area contributed by atoms with Gasteiger partial charge in [0, 0.05) is 12.1 Å². The molecule has 2 atom stereocenters. The van der Waals surface area contributed by atoms with Crippen molar-refractivity contribution in [1.82, 2.24) is 10.5 Å². The molecule has 1 aliphatic carbocycles. The second-order valence-corrected chi connectivity index (χ2v) is 4.76. The van der Waals surface area contributed by atoms with Crippen LogP contribution in [0.3, 0.4) is 0 Å². The Morgan fingerprint density at radius 1 is 1.56 bits per heavy atom. The lowest BCUT2D eigenvalue weighted by Gasteiger charge is -2.27. The minimum Gasteiger partial charge on any atom is -0.361 e. The minimum atomic E-state index is -0.200. The first-order valence-electron chi connectivity index (χ1n) is 5.55. The van der Waals surface area contributed by atoms with Gasteiger partial charge in [-0.15, -0.1) is 11.6 Å². The van der Waals surface area contributed by atoms with Crippen LogP contribution in [0.5, 0.6) is 0 Å². The van der Waals surface area contributed by atoms with Crippen LogP contribution >= 0.6 is 11.6 Å². The first-order chi connectivity index (χ1) is 7.66. The highest BCUT2D eigenvalue weighted by Gasteiger charge is 2.25. The van der Waals surface area contributed by atoms with Crippen LogP contribution < -0.4 is 5.32 Å². The summed E-state index contributed by atoms with van der Waals surface area (Å²) in [7, 11) is 0. The fourth-order valence-corrected chi connectivity index (χ4v) is 2.31. The van der Waals surface area contributed by atoms with Crippen molar-refractivity contribution in [1.29, 1.82) is 0 Å². The van der Waals surface area contributed by atoms with Crippen molar-refractivity contribution >= 4 is 17.5 Å². The molecule has 0 aliphatic heterocycles. The summed E-state index contributed by atoms with van der Waals surface area (Å²) >= 11 is 6.16. The van der Waals surface area contributed by atoms with Crippen molar-refractivity contribution in [2.75, 3.05) is 0 Å². The standard InChI is InChI=1S/C11H15ClN2O2/c1-7-6-10(14-16-7)11(15)13-9-5-3-2-4-8(9)12/h6,8-9H,2-5H2,1H3,(H,13,15). The Morgan fingerprint density at radius 3 is 2.94 bits per heavy atom. The molecule has 1 N–H and O–H groups in total. The van der Waals surface area contributed by atoms with Crippen LogP contribution in [0.1, 0.15) is 41.9 Å².